The Bertz CT molecular complexity index is 380. The third-order valence-electron chi connectivity index (χ3n) is 3.77. The van der Waals surface area contributed by atoms with Gasteiger partial charge in [0.05, 0.1) is 0 Å². The zero-order valence-corrected chi connectivity index (χ0v) is 9.32. The number of piperidine rings is 1. The highest BCUT2D eigenvalue weighted by Crippen LogP contribution is 2.29. The summed E-state index contributed by atoms with van der Waals surface area (Å²) in [5.74, 6) is -0.134. The maximum Gasteiger partial charge on any atom is 0.125 e. The third-order valence-corrected chi connectivity index (χ3v) is 3.77. The van der Waals surface area contributed by atoms with Crippen LogP contribution in [-0.4, -0.2) is 25.2 Å². The Labute approximate surface area is 95.4 Å². The highest BCUT2D eigenvalue weighted by Gasteiger charge is 2.34. The lowest BCUT2D eigenvalue weighted by atomic mass is 9.97. The quantitative estimate of drug-likeness (QED) is 0.780. The fraction of sp³-hybridized carbons (Fsp3) is 0.538. The van der Waals surface area contributed by atoms with Crippen LogP contribution < -0.4 is 10.2 Å². The van der Waals surface area contributed by atoms with Gasteiger partial charge in [0.25, 0.3) is 0 Å². The van der Waals surface area contributed by atoms with E-state index < -0.39 is 0 Å². The van der Waals surface area contributed by atoms with E-state index in [1.165, 1.54) is 25.3 Å². The van der Waals surface area contributed by atoms with Crippen LogP contribution in [0.1, 0.15) is 19.3 Å². The molecule has 0 radical (unpaired) electrons. The van der Waals surface area contributed by atoms with Crippen LogP contribution in [0.25, 0.3) is 0 Å². The molecule has 2 fully saturated rings. The van der Waals surface area contributed by atoms with Crippen LogP contribution in [0.2, 0.25) is 0 Å². The number of fused-ring (bicyclic) bond motifs is 1. The zero-order chi connectivity index (χ0) is 11.0. The molecule has 3 heteroatoms. The molecule has 0 spiro atoms. The normalized spacial score (nSPS) is 29.2. The van der Waals surface area contributed by atoms with Gasteiger partial charge < -0.3 is 10.2 Å². The second-order valence-corrected chi connectivity index (χ2v) is 4.73. The molecule has 2 saturated heterocycles. The van der Waals surface area contributed by atoms with Crippen molar-refractivity contribution in [1.82, 2.24) is 5.32 Å². The highest BCUT2D eigenvalue weighted by molar-refractivity contribution is 5.48. The average molecular weight is 220 g/mol. The van der Waals surface area contributed by atoms with Crippen molar-refractivity contribution in [2.75, 3.05) is 18.0 Å². The van der Waals surface area contributed by atoms with Gasteiger partial charge >= 0.3 is 0 Å². The fourth-order valence-electron chi connectivity index (χ4n) is 3.04. The number of hydrogen-bond acceptors (Lipinski definition) is 2. The molecule has 2 atom stereocenters. The van der Waals surface area contributed by atoms with Crippen molar-refractivity contribution >= 4 is 5.69 Å². The largest absolute Gasteiger partial charge is 0.367 e. The Morgan fingerprint density at radius 1 is 1.31 bits per heavy atom. The summed E-state index contributed by atoms with van der Waals surface area (Å²) in [4.78, 5) is 2.37. The molecule has 1 aromatic carbocycles. The van der Waals surface area contributed by atoms with Gasteiger partial charge in [0.15, 0.2) is 0 Å². The van der Waals surface area contributed by atoms with Crippen LogP contribution in [0.3, 0.4) is 0 Å². The van der Waals surface area contributed by atoms with Gasteiger partial charge in [-0.25, -0.2) is 4.39 Å². The summed E-state index contributed by atoms with van der Waals surface area (Å²) >= 11 is 0. The van der Waals surface area contributed by atoms with Gasteiger partial charge in [-0.1, -0.05) is 6.07 Å². The summed E-state index contributed by atoms with van der Waals surface area (Å²) in [6.07, 6.45) is 3.64. The second-order valence-electron chi connectivity index (χ2n) is 4.73. The standard InChI is InChI=1S/C13H17FN2/c14-10-3-1-4-11(9-10)16-8-2-5-12-13(16)6-7-15-12/h1,3-4,9,12-13,15H,2,5-8H2/t12-,13-/m1/s1. The first-order chi connectivity index (χ1) is 7.84. The third kappa shape index (κ3) is 1.69. The van der Waals surface area contributed by atoms with Gasteiger partial charge in [-0.05, 0) is 44.0 Å². The van der Waals surface area contributed by atoms with Crippen molar-refractivity contribution in [1.29, 1.82) is 0 Å². The van der Waals surface area contributed by atoms with Crippen LogP contribution in [0, 0.1) is 5.82 Å². The van der Waals surface area contributed by atoms with Crippen LogP contribution in [0.4, 0.5) is 10.1 Å². The van der Waals surface area contributed by atoms with Crippen molar-refractivity contribution in [3.8, 4) is 0 Å². The number of anilines is 1. The molecule has 1 aromatic rings. The van der Waals surface area contributed by atoms with Crippen molar-refractivity contribution in [2.24, 2.45) is 0 Å². The fourth-order valence-corrected chi connectivity index (χ4v) is 3.04. The first-order valence-corrected chi connectivity index (χ1v) is 6.10. The molecular weight excluding hydrogens is 203 g/mol. The summed E-state index contributed by atoms with van der Waals surface area (Å²) in [5.41, 5.74) is 1.04. The molecule has 2 nitrogen and oxygen atoms in total. The van der Waals surface area contributed by atoms with Crippen LogP contribution in [-0.2, 0) is 0 Å². The van der Waals surface area contributed by atoms with E-state index in [0.717, 1.165) is 18.8 Å². The van der Waals surface area contributed by atoms with Gasteiger partial charge in [0, 0.05) is 24.3 Å². The van der Waals surface area contributed by atoms with Crippen LogP contribution in [0.15, 0.2) is 24.3 Å². The number of halogens is 1. The van der Waals surface area contributed by atoms with E-state index in [2.05, 4.69) is 10.2 Å². The van der Waals surface area contributed by atoms with Gasteiger partial charge in [0.1, 0.15) is 5.82 Å². The van der Waals surface area contributed by atoms with E-state index in [9.17, 15) is 4.39 Å². The predicted molar refractivity (Wildman–Crippen MR) is 63.2 cm³/mol. The molecule has 2 heterocycles. The molecule has 16 heavy (non-hydrogen) atoms. The summed E-state index contributed by atoms with van der Waals surface area (Å²) in [7, 11) is 0. The van der Waals surface area contributed by atoms with Crippen LogP contribution in [0.5, 0.6) is 0 Å². The molecule has 0 saturated carbocycles. The average Bonchev–Trinajstić information content (AvgIpc) is 2.76. The molecule has 0 bridgehead atoms. The molecule has 2 aliphatic heterocycles. The summed E-state index contributed by atoms with van der Waals surface area (Å²) < 4.78 is 13.2. The van der Waals surface area contributed by atoms with Gasteiger partial charge in [-0.3, -0.25) is 0 Å². The topological polar surface area (TPSA) is 15.3 Å². The van der Waals surface area contributed by atoms with Crippen molar-refractivity contribution in [3.05, 3.63) is 30.1 Å². The van der Waals surface area contributed by atoms with E-state index in [0.29, 0.717) is 12.1 Å². The molecule has 0 amide bonds. The minimum atomic E-state index is -0.134. The lowest BCUT2D eigenvalue weighted by Gasteiger charge is -2.39. The first kappa shape index (κ1) is 10.1. The smallest absolute Gasteiger partial charge is 0.125 e. The monoisotopic (exact) mass is 220 g/mol. The Morgan fingerprint density at radius 3 is 3.12 bits per heavy atom. The lowest BCUT2D eigenvalue weighted by molar-refractivity contribution is 0.411. The first-order valence-electron chi connectivity index (χ1n) is 6.10. The second kappa shape index (κ2) is 4.06. The van der Waals surface area contributed by atoms with E-state index in [1.807, 2.05) is 6.07 Å². The minimum Gasteiger partial charge on any atom is -0.367 e. The zero-order valence-electron chi connectivity index (χ0n) is 9.32. The summed E-state index contributed by atoms with van der Waals surface area (Å²) in [5, 5.41) is 3.54. The maximum atomic E-state index is 13.2. The highest BCUT2D eigenvalue weighted by atomic mass is 19.1. The molecule has 86 valence electrons. The molecule has 2 aliphatic rings. The Morgan fingerprint density at radius 2 is 2.25 bits per heavy atom. The van der Waals surface area contributed by atoms with E-state index in [-0.39, 0.29) is 5.82 Å². The van der Waals surface area contributed by atoms with Crippen molar-refractivity contribution in [3.63, 3.8) is 0 Å². The Balaban J connectivity index is 1.88. The van der Waals surface area contributed by atoms with Gasteiger partial charge in [-0.15, -0.1) is 0 Å². The lowest BCUT2D eigenvalue weighted by Crippen LogP contribution is -2.48. The van der Waals surface area contributed by atoms with E-state index >= 15 is 0 Å². The van der Waals surface area contributed by atoms with Crippen molar-refractivity contribution in [2.45, 2.75) is 31.3 Å². The molecular formula is C13H17FN2. The number of nitrogens with one attached hydrogen (secondary N) is 1. The number of nitrogens with zero attached hydrogens (tertiary/aromatic N) is 1. The van der Waals surface area contributed by atoms with Gasteiger partial charge in [0.2, 0.25) is 0 Å². The minimum absolute atomic E-state index is 0.134. The molecule has 3 rings (SSSR count). The van der Waals surface area contributed by atoms with Crippen LogP contribution >= 0.6 is 0 Å². The van der Waals surface area contributed by atoms with Gasteiger partial charge in [-0.2, -0.15) is 0 Å². The maximum absolute atomic E-state index is 13.2. The molecule has 0 unspecified atom stereocenters. The van der Waals surface area contributed by atoms with E-state index in [4.69, 9.17) is 0 Å². The number of rotatable bonds is 1. The summed E-state index contributed by atoms with van der Waals surface area (Å²) in [6.45, 7) is 2.16. The number of hydrogen-bond donors (Lipinski definition) is 1. The molecule has 0 aliphatic carbocycles. The Hall–Kier alpha value is -1.09. The molecule has 1 N–H and O–H groups in total. The Kier molecular flexibility index (Phi) is 2.56. The predicted octanol–water partition coefficient (Wildman–Crippen LogP) is 2.16. The van der Waals surface area contributed by atoms with E-state index in [1.54, 1.807) is 12.1 Å². The van der Waals surface area contributed by atoms with Crippen molar-refractivity contribution < 1.29 is 4.39 Å². The SMILES string of the molecule is Fc1cccc(N2CCC[C@H]3NCC[C@H]32)c1. The summed E-state index contributed by atoms with van der Waals surface area (Å²) in [6, 6.07) is 8.16. The molecule has 0 aromatic heterocycles. The number of benzene rings is 1.